The number of ketones is 1. The molecule has 130 valence electrons. The van der Waals surface area contributed by atoms with Crippen LogP contribution in [0.2, 0.25) is 0 Å². The molecule has 1 aromatic rings. The molecule has 0 radical (unpaired) electrons. The van der Waals surface area contributed by atoms with Crippen molar-refractivity contribution in [2.75, 3.05) is 0 Å². The van der Waals surface area contributed by atoms with Gasteiger partial charge < -0.3 is 10.1 Å². The molecule has 0 aromatic heterocycles. The number of amides is 3. The summed E-state index contributed by atoms with van der Waals surface area (Å²) >= 11 is 0. The Morgan fingerprint density at radius 3 is 2.21 bits per heavy atom. The zero-order valence-corrected chi connectivity index (χ0v) is 14.0. The van der Waals surface area contributed by atoms with Crippen LogP contribution in [-0.2, 0) is 14.3 Å². The average molecular weight is 334 g/mol. The van der Waals surface area contributed by atoms with Crippen LogP contribution in [-0.4, -0.2) is 35.8 Å². The van der Waals surface area contributed by atoms with E-state index in [2.05, 4.69) is 10.6 Å². The van der Waals surface area contributed by atoms with E-state index in [0.29, 0.717) is 5.56 Å². The number of benzene rings is 1. The number of hydrogen-bond donors (Lipinski definition) is 2. The van der Waals surface area contributed by atoms with Crippen molar-refractivity contribution in [3.05, 3.63) is 35.9 Å². The monoisotopic (exact) mass is 334 g/mol. The summed E-state index contributed by atoms with van der Waals surface area (Å²) in [5.41, 5.74) is 0.515. The first-order valence-corrected chi connectivity index (χ1v) is 7.68. The summed E-state index contributed by atoms with van der Waals surface area (Å²) in [6.07, 6.45) is -1.27. The van der Waals surface area contributed by atoms with Crippen LogP contribution < -0.4 is 10.6 Å². The molecule has 7 heteroatoms. The van der Waals surface area contributed by atoms with Crippen molar-refractivity contribution in [3.63, 3.8) is 0 Å². The molecule has 7 nitrogen and oxygen atoms in total. The van der Waals surface area contributed by atoms with E-state index in [0.717, 1.165) is 0 Å². The van der Waals surface area contributed by atoms with E-state index in [4.69, 9.17) is 4.74 Å². The molecule has 0 bridgehead atoms. The molecule has 24 heavy (non-hydrogen) atoms. The maximum Gasteiger partial charge on any atom is 0.321 e. The number of ether oxygens (including phenoxy) is 1. The van der Waals surface area contributed by atoms with Gasteiger partial charge in [0.2, 0.25) is 0 Å². The van der Waals surface area contributed by atoms with Crippen molar-refractivity contribution in [1.82, 2.24) is 10.6 Å². The predicted molar refractivity (Wildman–Crippen MR) is 87.4 cm³/mol. The molecular weight excluding hydrogens is 312 g/mol. The Bertz CT molecular complexity index is 598. The van der Waals surface area contributed by atoms with Crippen LogP contribution in [0.1, 0.15) is 44.0 Å². The highest BCUT2D eigenvalue weighted by Gasteiger charge is 2.20. The maximum atomic E-state index is 11.9. The van der Waals surface area contributed by atoms with Gasteiger partial charge in [0.05, 0.1) is 6.42 Å². The van der Waals surface area contributed by atoms with Gasteiger partial charge in [-0.05, 0) is 20.8 Å². The minimum atomic E-state index is -1.12. The summed E-state index contributed by atoms with van der Waals surface area (Å²) < 4.78 is 4.92. The number of carbonyl (C=O) groups excluding carboxylic acids is 4. The van der Waals surface area contributed by atoms with Gasteiger partial charge in [-0.25, -0.2) is 4.79 Å². The highest BCUT2D eigenvalue weighted by atomic mass is 16.5. The molecule has 0 aliphatic rings. The summed E-state index contributed by atoms with van der Waals surface area (Å²) in [5, 5.41) is 4.56. The van der Waals surface area contributed by atoms with Gasteiger partial charge in [-0.15, -0.1) is 0 Å². The van der Waals surface area contributed by atoms with Crippen molar-refractivity contribution in [2.45, 2.75) is 45.8 Å². The summed E-state index contributed by atoms with van der Waals surface area (Å²) in [4.78, 5) is 46.7. The SMILES string of the molecule is CC(C)NC(=O)NC(=O)[C@H](C)OC(=O)CCC(=O)c1ccccc1. The number of rotatable bonds is 7. The molecule has 1 rings (SSSR count). The number of urea groups is 1. The van der Waals surface area contributed by atoms with Crippen molar-refractivity contribution >= 4 is 23.7 Å². The Hall–Kier alpha value is -2.70. The van der Waals surface area contributed by atoms with Crippen LogP contribution >= 0.6 is 0 Å². The van der Waals surface area contributed by atoms with Gasteiger partial charge >= 0.3 is 12.0 Å². The van der Waals surface area contributed by atoms with Gasteiger partial charge in [0, 0.05) is 18.0 Å². The second-order valence-corrected chi connectivity index (χ2v) is 5.54. The summed E-state index contributed by atoms with van der Waals surface area (Å²) in [6.45, 7) is 4.85. The Morgan fingerprint density at radius 1 is 1.00 bits per heavy atom. The smallest absolute Gasteiger partial charge is 0.321 e. The third-order valence-electron chi connectivity index (χ3n) is 2.99. The van der Waals surface area contributed by atoms with Crippen LogP contribution in [0.15, 0.2) is 30.3 Å². The van der Waals surface area contributed by atoms with E-state index in [1.54, 1.807) is 44.2 Å². The minimum absolute atomic E-state index is 0.00891. The van der Waals surface area contributed by atoms with Crippen molar-refractivity contribution in [3.8, 4) is 0 Å². The van der Waals surface area contributed by atoms with Gasteiger partial charge in [-0.3, -0.25) is 19.7 Å². The Morgan fingerprint density at radius 2 is 1.62 bits per heavy atom. The van der Waals surface area contributed by atoms with Crippen molar-refractivity contribution in [1.29, 1.82) is 0 Å². The van der Waals surface area contributed by atoms with E-state index in [9.17, 15) is 19.2 Å². The number of hydrogen-bond acceptors (Lipinski definition) is 5. The number of carbonyl (C=O) groups is 4. The topological polar surface area (TPSA) is 102 Å². The molecule has 2 N–H and O–H groups in total. The Balaban J connectivity index is 2.37. The van der Waals surface area contributed by atoms with Crippen LogP contribution in [0.25, 0.3) is 0 Å². The zero-order chi connectivity index (χ0) is 18.1. The maximum absolute atomic E-state index is 11.9. The lowest BCUT2D eigenvalue weighted by molar-refractivity contribution is -0.154. The zero-order valence-electron chi connectivity index (χ0n) is 14.0. The molecular formula is C17H22N2O5. The van der Waals surface area contributed by atoms with Crippen LogP contribution in [0, 0.1) is 0 Å². The van der Waals surface area contributed by atoms with Gasteiger partial charge in [0.1, 0.15) is 0 Å². The molecule has 0 saturated heterocycles. The minimum Gasteiger partial charge on any atom is -0.453 e. The fourth-order valence-corrected chi connectivity index (χ4v) is 1.81. The van der Waals surface area contributed by atoms with Gasteiger partial charge in [-0.1, -0.05) is 30.3 Å². The molecule has 0 heterocycles. The van der Waals surface area contributed by atoms with Crippen molar-refractivity contribution < 1.29 is 23.9 Å². The molecule has 0 saturated carbocycles. The first kappa shape index (κ1) is 19.3. The number of esters is 1. The number of Topliss-reactive ketones (excluding diaryl/α,β-unsaturated/α-hetero) is 1. The van der Waals surface area contributed by atoms with E-state index in [1.165, 1.54) is 6.92 Å². The second kappa shape index (κ2) is 9.44. The largest absolute Gasteiger partial charge is 0.453 e. The van der Waals surface area contributed by atoms with Crippen LogP contribution in [0.3, 0.4) is 0 Å². The predicted octanol–water partition coefficient (Wildman–Crippen LogP) is 1.82. The Labute approximate surface area is 140 Å². The standard InChI is InChI=1S/C17H22N2O5/c1-11(2)18-17(23)19-16(22)12(3)24-15(21)10-9-14(20)13-7-5-4-6-8-13/h4-8,11-12H,9-10H2,1-3H3,(H2,18,19,22,23)/t12-/m0/s1. The van der Waals surface area contributed by atoms with Gasteiger partial charge in [0.15, 0.2) is 11.9 Å². The number of imide groups is 1. The van der Waals surface area contributed by atoms with Crippen molar-refractivity contribution in [2.24, 2.45) is 0 Å². The van der Waals surface area contributed by atoms with Gasteiger partial charge in [-0.2, -0.15) is 0 Å². The molecule has 1 aromatic carbocycles. The fourth-order valence-electron chi connectivity index (χ4n) is 1.81. The van der Waals surface area contributed by atoms with E-state index < -0.39 is 24.0 Å². The summed E-state index contributed by atoms with van der Waals surface area (Å²) in [7, 11) is 0. The molecule has 0 fully saturated rings. The molecule has 1 atom stereocenters. The third kappa shape index (κ3) is 7.04. The lowest BCUT2D eigenvalue weighted by Gasteiger charge is -2.14. The first-order valence-electron chi connectivity index (χ1n) is 7.68. The average Bonchev–Trinajstić information content (AvgIpc) is 2.52. The Kier molecular flexibility index (Phi) is 7.61. The van der Waals surface area contributed by atoms with Crippen LogP contribution in [0.4, 0.5) is 4.79 Å². The van der Waals surface area contributed by atoms with E-state index in [-0.39, 0.29) is 24.7 Å². The molecule has 0 aliphatic heterocycles. The summed E-state index contributed by atoms with van der Waals surface area (Å²) in [6, 6.07) is 7.81. The fraction of sp³-hybridized carbons (Fsp3) is 0.412. The highest BCUT2D eigenvalue weighted by molar-refractivity contribution is 5.98. The normalized spacial score (nSPS) is 11.5. The molecule has 3 amide bonds. The third-order valence-corrected chi connectivity index (χ3v) is 2.99. The molecule has 0 spiro atoms. The first-order chi connectivity index (χ1) is 11.3. The molecule has 0 unspecified atom stereocenters. The molecule has 0 aliphatic carbocycles. The van der Waals surface area contributed by atoms with E-state index >= 15 is 0 Å². The number of nitrogens with one attached hydrogen (secondary N) is 2. The van der Waals surface area contributed by atoms with Gasteiger partial charge in [0.25, 0.3) is 5.91 Å². The van der Waals surface area contributed by atoms with E-state index in [1.807, 2.05) is 0 Å². The highest BCUT2D eigenvalue weighted by Crippen LogP contribution is 2.06. The summed E-state index contributed by atoms with van der Waals surface area (Å²) in [5.74, 6) is -1.58. The lowest BCUT2D eigenvalue weighted by atomic mass is 10.1. The quantitative estimate of drug-likeness (QED) is 0.585. The van der Waals surface area contributed by atoms with Crippen LogP contribution in [0.5, 0.6) is 0 Å². The second-order valence-electron chi connectivity index (χ2n) is 5.54. The lowest BCUT2D eigenvalue weighted by Crippen LogP contribution is -2.46.